The van der Waals surface area contributed by atoms with Gasteiger partial charge in [0.1, 0.15) is 41.4 Å². The predicted octanol–water partition coefficient (Wildman–Crippen LogP) is 7.94. The highest BCUT2D eigenvalue weighted by atomic mass is 35.5. The maximum Gasteiger partial charge on any atom is 0.339 e. The molecule has 2 atom stereocenters. The molecule has 4 heterocycles. The molecule has 0 bridgehead atoms. The number of anilines is 3. The van der Waals surface area contributed by atoms with Gasteiger partial charge in [-0.15, -0.1) is 18.0 Å². The summed E-state index contributed by atoms with van der Waals surface area (Å²) in [6, 6.07) is 18.9. The number of amides is 3. The number of hydrogen-bond donors (Lipinski definition) is 4. The highest BCUT2D eigenvalue weighted by molar-refractivity contribution is 7.90. The Morgan fingerprint density at radius 3 is 2.30 bits per heavy atom. The smallest absolute Gasteiger partial charge is 0.339 e. The average Bonchev–Trinajstić information content (AvgIpc) is 1.39. The minimum atomic E-state index is -4.10. The number of aliphatic carboxylic acids is 1. The van der Waals surface area contributed by atoms with E-state index < -0.39 is 86.3 Å². The van der Waals surface area contributed by atoms with E-state index in [0.717, 1.165) is 72.2 Å². The molecule has 1 aliphatic carbocycles. The van der Waals surface area contributed by atoms with Crippen LogP contribution in [0.5, 0.6) is 11.5 Å². The number of rotatable bonds is 17. The largest absolute Gasteiger partial charge is 0.489 e. The molecule has 33 heteroatoms. The normalized spacial score (nSPS) is 16.0. The summed E-state index contributed by atoms with van der Waals surface area (Å²) in [5, 5.41) is 21.2. The molecular formula is C61H71Cl3FN8O18PS2. The Balaban J connectivity index is 0.000000219. The fraction of sp³-hybridized carbons (Fsp3) is 0.426. The number of carboxylic acids is 1. The lowest BCUT2D eigenvalue weighted by atomic mass is 9.81. The number of nitro benzene ring substituents is 1. The number of hydrogen-bond acceptors (Lipinski definition) is 19. The number of carbonyl (C=O) groups excluding carboxylic acids is 6. The number of benzene rings is 4. The van der Waals surface area contributed by atoms with Crippen LogP contribution in [0, 0.1) is 46.5 Å². The first-order valence-corrected chi connectivity index (χ1v) is 34.6. The second-order valence-corrected chi connectivity index (χ2v) is 28.1. The van der Waals surface area contributed by atoms with Gasteiger partial charge in [-0.2, -0.15) is 4.37 Å². The van der Waals surface area contributed by atoms with Crippen LogP contribution in [0.25, 0.3) is 0 Å². The van der Waals surface area contributed by atoms with E-state index in [0.29, 0.717) is 41.6 Å². The summed E-state index contributed by atoms with van der Waals surface area (Å²) in [5.74, 6) is -1.58. The summed E-state index contributed by atoms with van der Waals surface area (Å²) < 4.78 is 70.0. The number of para-hydroxylation sites is 3. The second-order valence-electron chi connectivity index (χ2n) is 22.4. The van der Waals surface area contributed by atoms with Crippen molar-refractivity contribution in [1.29, 1.82) is 0 Å². The van der Waals surface area contributed by atoms with E-state index in [4.69, 9.17) is 70.3 Å². The van der Waals surface area contributed by atoms with E-state index in [2.05, 4.69) is 47.4 Å². The number of carboxylic acid groups (broad SMARTS) is 1. The molecule has 0 saturated heterocycles. The number of alkyl halides is 3. The summed E-state index contributed by atoms with van der Waals surface area (Å²) in [6.45, 7) is 13.5. The van der Waals surface area contributed by atoms with E-state index in [9.17, 15) is 61.0 Å². The molecular weight excluding hydrogens is 1350 g/mol. The Morgan fingerprint density at radius 2 is 1.71 bits per heavy atom. The number of nitro groups is 1. The van der Waals surface area contributed by atoms with Crippen LogP contribution in [0.3, 0.4) is 0 Å². The number of aromatic nitrogens is 2. The fourth-order valence-corrected chi connectivity index (χ4v) is 12.2. The Hall–Kier alpha value is -7.49. The fourth-order valence-electron chi connectivity index (χ4n) is 10.1. The minimum Gasteiger partial charge on any atom is -0.489 e. The zero-order chi connectivity index (χ0) is 70.2. The predicted molar refractivity (Wildman–Crippen MR) is 351 cm³/mol. The second kappa shape index (κ2) is 34.3. The number of ether oxygens (including phenoxy) is 3. The van der Waals surface area contributed by atoms with Gasteiger partial charge in [-0.1, -0.05) is 80.2 Å². The van der Waals surface area contributed by atoms with Crippen LogP contribution >= 0.6 is 53.9 Å². The average molecular weight is 1420 g/mol. The van der Waals surface area contributed by atoms with E-state index in [1.165, 1.54) is 28.6 Å². The van der Waals surface area contributed by atoms with Gasteiger partial charge in [0.2, 0.25) is 10.7 Å². The minimum absolute atomic E-state index is 0.0223. The van der Waals surface area contributed by atoms with Crippen molar-refractivity contribution in [2.45, 2.75) is 102 Å². The van der Waals surface area contributed by atoms with Crippen LogP contribution in [0.15, 0.2) is 82.7 Å². The number of sulfone groups is 1. The number of halogens is 4. The van der Waals surface area contributed by atoms with Crippen molar-refractivity contribution in [3.63, 3.8) is 0 Å². The summed E-state index contributed by atoms with van der Waals surface area (Å²) in [5.41, 5.74) is 3.44. The standard InChI is InChI=1S/C18H17FN4O2S.C15H22ClNO2.C14H13NO7S.C11H11Cl2NO2.C3H8NO5P/c1-4-5-22-13-7-12(11(19)6-14(13)25-9-16(22)24)20-17-23-10-18(2,3)8-15(23)21-26-17;1-5-13-8-6-7-11(2)15(13)17(14(18)9-16)12(3)10-19-4;1-23(21,22)8-5-6-9(10(7-8)15(19)20)14(18)13-11(16)3-2-4-12(13)17;1-7-6-16-9-5-3-2-4-8(9)14(7)11(15)10(12)13;5-3(6)1-4-2-10(7,8)9/h1,6-7H,5,8-10H2,2-3H3;6-8,12H,5,9-10H2,1-4H3;5-7,13H,2-4H2,1H3;2-5,7,10H,6H2,1H3;4H,1-2H2,(H,5,6)(H2,7,8,9). The third-order valence-corrected chi connectivity index (χ3v) is 17.4. The zero-order valence-electron chi connectivity index (χ0n) is 52.4. The van der Waals surface area contributed by atoms with Gasteiger partial charge < -0.3 is 43.5 Å². The first kappa shape index (κ1) is 77.2. The number of fused-ring (bicyclic) bond motifs is 3. The van der Waals surface area contributed by atoms with Crippen LogP contribution in [0.1, 0.15) is 81.2 Å². The summed E-state index contributed by atoms with van der Waals surface area (Å²) in [4.78, 5) is 117. The lowest BCUT2D eigenvalue weighted by Crippen LogP contribution is -2.47. The summed E-state index contributed by atoms with van der Waals surface area (Å²) in [6.07, 6.45) is 7.86. The van der Waals surface area contributed by atoms with Crippen molar-refractivity contribution in [3.05, 3.63) is 116 Å². The van der Waals surface area contributed by atoms with Crippen LogP contribution in [-0.2, 0) is 67.3 Å². The maximum absolute atomic E-state index is 14.5. The third-order valence-electron chi connectivity index (χ3n) is 14.3. The molecule has 0 radical (unpaired) electrons. The molecule has 2 unspecified atom stereocenters. The summed E-state index contributed by atoms with van der Waals surface area (Å²) >= 11 is 18.3. The van der Waals surface area contributed by atoms with Gasteiger partial charge in [0.15, 0.2) is 44.4 Å². The van der Waals surface area contributed by atoms with Gasteiger partial charge in [-0.05, 0) is 80.5 Å². The van der Waals surface area contributed by atoms with Gasteiger partial charge in [-0.25, -0.2) is 17.8 Å². The number of Topliss-reactive ketones (excluding diaryl/α,β-unsaturated/α-hetero) is 3. The Kier molecular flexibility index (Phi) is 28.1. The molecule has 4 aliphatic rings. The molecule has 1 fully saturated rings. The molecule has 9 rings (SSSR count). The molecule has 4 N–H and O–H groups in total. The Labute approximate surface area is 560 Å². The molecule has 1 aromatic heterocycles. The SMILES string of the molecule is C#CCN1C(=O)COc2cc(F)c(N=c3snc4n3CC(C)(C)C4)cc21.CC1COc2ccccc2N1C(=O)C(Cl)Cl.CCc1cccc(C)c1N(C(=O)CCl)C(C)COC.CS(=O)(=O)c1ccc(C(=O)C2C(=O)CCCC2=O)c([N+](=O)[O-])c1.O=C(O)CNCP(=O)(O)O. The topological polar surface area (TPSA) is 354 Å². The van der Waals surface area contributed by atoms with Crippen LogP contribution in [0.4, 0.5) is 32.8 Å². The van der Waals surface area contributed by atoms with Gasteiger partial charge in [-0.3, -0.25) is 58.5 Å². The number of aryl methyl sites for hydroxylation is 2. The zero-order valence-corrected chi connectivity index (χ0v) is 57.2. The lowest BCUT2D eigenvalue weighted by Gasteiger charge is -2.35. The highest BCUT2D eigenvalue weighted by Crippen LogP contribution is 2.39. The van der Waals surface area contributed by atoms with E-state index in [1.54, 1.807) is 16.9 Å². The molecule has 508 valence electrons. The van der Waals surface area contributed by atoms with E-state index in [-0.39, 0.29) is 77.7 Å². The maximum atomic E-state index is 14.5. The Bertz CT molecular complexity index is 3940. The van der Waals surface area contributed by atoms with Crippen molar-refractivity contribution in [2.24, 2.45) is 16.3 Å². The van der Waals surface area contributed by atoms with Gasteiger partial charge in [0.05, 0.1) is 70.5 Å². The molecule has 1 saturated carbocycles. The van der Waals surface area contributed by atoms with Crippen LogP contribution in [0.2, 0.25) is 0 Å². The van der Waals surface area contributed by atoms with Crippen molar-refractivity contribution < 1.29 is 85.0 Å². The quantitative estimate of drug-likeness (QED) is 0.0130. The van der Waals surface area contributed by atoms with Crippen molar-refractivity contribution >= 4 is 133 Å². The molecule has 3 amide bonds. The summed E-state index contributed by atoms with van der Waals surface area (Å²) in [7, 11) is -6.16. The molecule has 26 nitrogen and oxygen atoms in total. The highest BCUT2D eigenvalue weighted by Gasteiger charge is 2.40. The number of ketones is 3. The number of methoxy groups -OCH3 is 1. The van der Waals surface area contributed by atoms with Gasteiger partial charge >= 0.3 is 13.6 Å². The Morgan fingerprint density at radius 1 is 1.04 bits per heavy atom. The van der Waals surface area contributed by atoms with E-state index >= 15 is 0 Å². The molecule has 94 heavy (non-hydrogen) atoms. The van der Waals surface area contributed by atoms with Crippen molar-refractivity contribution in [2.75, 3.05) is 73.1 Å². The first-order chi connectivity index (χ1) is 44.1. The van der Waals surface area contributed by atoms with Gasteiger partial charge in [0, 0.05) is 62.8 Å². The van der Waals surface area contributed by atoms with Gasteiger partial charge in [0.25, 0.3) is 17.5 Å². The molecule has 0 spiro atoms. The number of nitrogens with zero attached hydrogens (tertiary/aromatic N) is 7. The van der Waals surface area contributed by atoms with Crippen LogP contribution in [-0.4, -0.2) is 154 Å². The van der Waals surface area contributed by atoms with Crippen molar-refractivity contribution in [1.82, 2.24) is 14.3 Å². The van der Waals surface area contributed by atoms with Crippen LogP contribution < -0.4 is 34.3 Å². The number of nitrogens with one attached hydrogen (secondary N) is 1. The molecule has 3 aliphatic heterocycles. The van der Waals surface area contributed by atoms with E-state index in [1.807, 2.05) is 61.7 Å². The number of terminal acetylenes is 1. The monoisotopic (exact) mass is 1420 g/mol. The lowest BCUT2D eigenvalue weighted by molar-refractivity contribution is -0.385. The molecule has 5 aromatic rings. The number of carbonyl (C=O) groups is 7. The third kappa shape index (κ3) is 20.8. The molecule has 4 aromatic carbocycles. The first-order valence-electron chi connectivity index (χ1n) is 28.7. The van der Waals surface area contributed by atoms with Crippen molar-refractivity contribution in [3.8, 4) is 23.8 Å².